The maximum atomic E-state index is 13.0. The number of carbonyl (C=O) groups is 1. The van der Waals surface area contributed by atoms with Gasteiger partial charge in [-0.2, -0.15) is 4.31 Å². The fourth-order valence-corrected chi connectivity index (χ4v) is 4.07. The van der Waals surface area contributed by atoms with Gasteiger partial charge in [-0.3, -0.25) is 0 Å². The van der Waals surface area contributed by atoms with Crippen molar-refractivity contribution < 1.29 is 17.6 Å². The van der Waals surface area contributed by atoms with Crippen LogP contribution in [0.1, 0.15) is 18.4 Å². The van der Waals surface area contributed by atoms with E-state index < -0.39 is 21.9 Å². The molecule has 1 saturated heterocycles. The Morgan fingerprint density at radius 1 is 1.44 bits per heavy atom. The van der Waals surface area contributed by atoms with Crippen LogP contribution in [-0.2, 0) is 14.8 Å². The van der Waals surface area contributed by atoms with Gasteiger partial charge in [-0.05, 0) is 43.5 Å². The number of nitrogens with zero attached hydrogens (tertiary/aromatic N) is 1. The fraction of sp³-hybridized carbons (Fsp3) is 0.417. The van der Waals surface area contributed by atoms with Gasteiger partial charge in [-0.25, -0.2) is 12.8 Å². The Kier molecular flexibility index (Phi) is 3.49. The third kappa shape index (κ3) is 2.18. The predicted octanol–water partition coefficient (Wildman–Crippen LogP) is 1.49. The van der Waals surface area contributed by atoms with Gasteiger partial charge in [-0.15, -0.1) is 0 Å². The lowest BCUT2D eigenvalue weighted by atomic mass is 10.2. The standard InChI is InChI=1S/C12H14FNO3S/c1-9-7-10(13)4-5-12(9)18(16,17)14-6-2-3-11(14)8-15/h4-5,7-8,11H,2-3,6H2,1H3. The summed E-state index contributed by atoms with van der Waals surface area (Å²) < 4.78 is 38.9. The van der Waals surface area contributed by atoms with E-state index in [0.29, 0.717) is 31.2 Å². The minimum Gasteiger partial charge on any atom is -0.302 e. The van der Waals surface area contributed by atoms with Crippen molar-refractivity contribution >= 4 is 16.3 Å². The van der Waals surface area contributed by atoms with Crippen molar-refractivity contribution in [3.8, 4) is 0 Å². The summed E-state index contributed by atoms with van der Waals surface area (Å²) in [6, 6.07) is 2.95. The maximum absolute atomic E-state index is 13.0. The molecule has 0 amide bonds. The number of benzene rings is 1. The molecule has 4 nitrogen and oxygen atoms in total. The molecule has 0 aromatic heterocycles. The minimum atomic E-state index is -3.71. The van der Waals surface area contributed by atoms with Gasteiger partial charge in [0.25, 0.3) is 0 Å². The van der Waals surface area contributed by atoms with Crippen molar-refractivity contribution in [3.63, 3.8) is 0 Å². The van der Waals surface area contributed by atoms with Crippen LogP contribution in [0.2, 0.25) is 0 Å². The molecule has 6 heteroatoms. The van der Waals surface area contributed by atoms with Crippen molar-refractivity contribution in [2.24, 2.45) is 0 Å². The second-order valence-electron chi connectivity index (χ2n) is 4.37. The van der Waals surface area contributed by atoms with E-state index in [1.54, 1.807) is 6.92 Å². The maximum Gasteiger partial charge on any atom is 0.243 e. The van der Waals surface area contributed by atoms with E-state index in [1.165, 1.54) is 16.4 Å². The molecule has 2 rings (SSSR count). The summed E-state index contributed by atoms with van der Waals surface area (Å²) in [6.45, 7) is 1.88. The van der Waals surface area contributed by atoms with E-state index >= 15 is 0 Å². The lowest BCUT2D eigenvalue weighted by molar-refractivity contribution is -0.110. The van der Waals surface area contributed by atoms with Crippen LogP contribution >= 0.6 is 0 Å². The van der Waals surface area contributed by atoms with E-state index in [0.717, 1.165) is 6.07 Å². The minimum absolute atomic E-state index is 0.0673. The Morgan fingerprint density at radius 2 is 2.17 bits per heavy atom. The Balaban J connectivity index is 2.45. The van der Waals surface area contributed by atoms with Crippen LogP contribution in [0.4, 0.5) is 4.39 Å². The first-order chi connectivity index (χ1) is 8.46. The number of halogens is 1. The first-order valence-corrected chi connectivity index (χ1v) is 7.14. The van der Waals surface area contributed by atoms with Crippen molar-refractivity contribution in [2.45, 2.75) is 30.7 Å². The van der Waals surface area contributed by atoms with Crippen LogP contribution in [0.15, 0.2) is 23.1 Å². The Labute approximate surface area is 105 Å². The molecule has 1 aromatic carbocycles. The number of hydrogen-bond acceptors (Lipinski definition) is 3. The molecule has 1 aliphatic rings. The largest absolute Gasteiger partial charge is 0.302 e. The number of carbonyl (C=O) groups excluding carboxylic acids is 1. The Bertz CT molecular complexity index is 571. The summed E-state index contributed by atoms with van der Waals surface area (Å²) in [5, 5.41) is 0. The lowest BCUT2D eigenvalue weighted by Crippen LogP contribution is -2.36. The summed E-state index contributed by atoms with van der Waals surface area (Å²) in [7, 11) is -3.71. The zero-order chi connectivity index (χ0) is 13.3. The molecule has 0 radical (unpaired) electrons. The van der Waals surface area contributed by atoms with Gasteiger partial charge in [0.2, 0.25) is 10.0 Å². The van der Waals surface area contributed by atoms with Crippen LogP contribution in [0.25, 0.3) is 0 Å². The average molecular weight is 271 g/mol. The molecule has 18 heavy (non-hydrogen) atoms. The molecule has 1 atom stereocenters. The van der Waals surface area contributed by atoms with Crippen molar-refractivity contribution in [1.29, 1.82) is 0 Å². The van der Waals surface area contributed by atoms with E-state index in [2.05, 4.69) is 0 Å². The highest BCUT2D eigenvalue weighted by Gasteiger charge is 2.35. The van der Waals surface area contributed by atoms with Crippen molar-refractivity contribution in [3.05, 3.63) is 29.6 Å². The molecule has 0 saturated carbocycles. The number of hydrogen-bond donors (Lipinski definition) is 0. The number of aldehydes is 1. The summed E-state index contributed by atoms with van der Waals surface area (Å²) in [5.41, 5.74) is 0.353. The van der Waals surface area contributed by atoms with Crippen LogP contribution < -0.4 is 0 Å². The quantitative estimate of drug-likeness (QED) is 0.783. The van der Waals surface area contributed by atoms with Crippen LogP contribution in [0, 0.1) is 12.7 Å². The SMILES string of the molecule is Cc1cc(F)ccc1S(=O)(=O)N1CCCC1C=O. The van der Waals surface area contributed by atoms with Gasteiger partial charge in [0, 0.05) is 6.54 Å². The molecule has 1 unspecified atom stereocenters. The van der Waals surface area contributed by atoms with E-state index in [-0.39, 0.29) is 4.90 Å². The summed E-state index contributed by atoms with van der Waals surface area (Å²) in [6.07, 6.45) is 1.87. The number of sulfonamides is 1. The monoisotopic (exact) mass is 271 g/mol. The Hall–Kier alpha value is -1.27. The fourth-order valence-electron chi connectivity index (χ4n) is 2.23. The zero-order valence-corrected chi connectivity index (χ0v) is 10.8. The molecular weight excluding hydrogens is 257 g/mol. The molecule has 1 aromatic rings. The van der Waals surface area contributed by atoms with E-state index in [4.69, 9.17) is 0 Å². The second-order valence-corrected chi connectivity index (χ2v) is 6.23. The molecule has 1 aliphatic heterocycles. The summed E-state index contributed by atoms with van der Waals surface area (Å²) in [4.78, 5) is 10.9. The van der Waals surface area contributed by atoms with Crippen molar-refractivity contribution in [2.75, 3.05) is 6.54 Å². The van der Waals surface area contributed by atoms with Gasteiger partial charge in [0.15, 0.2) is 0 Å². The smallest absolute Gasteiger partial charge is 0.243 e. The van der Waals surface area contributed by atoms with Crippen LogP contribution in [0.3, 0.4) is 0 Å². The predicted molar refractivity (Wildman–Crippen MR) is 64.1 cm³/mol. The summed E-state index contributed by atoms with van der Waals surface area (Å²) in [5.74, 6) is -0.472. The van der Waals surface area contributed by atoms with E-state index in [1.807, 2.05) is 0 Å². The third-order valence-corrected chi connectivity index (χ3v) is 5.21. The first kappa shape index (κ1) is 13.2. The topological polar surface area (TPSA) is 54.5 Å². The highest BCUT2D eigenvalue weighted by atomic mass is 32.2. The summed E-state index contributed by atoms with van der Waals surface area (Å²) >= 11 is 0. The highest BCUT2D eigenvalue weighted by molar-refractivity contribution is 7.89. The molecule has 0 aliphatic carbocycles. The van der Waals surface area contributed by atoms with E-state index in [9.17, 15) is 17.6 Å². The Morgan fingerprint density at radius 3 is 2.78 bits per heavy atom. The van der Waals surface area contributed by atoms with Gasteiger partial charge in [0.1, 0.15) is 12.1 Å². The van der Waals surface area contributed by atoms with Gasteiger partial charge < -0.3 is 4.79 Å². The van der Waals surface area contributed by atoms with Crippen LogP contribution in [0.5, 0.6) is 0 Å². The molecule has 0 spiro atoms. The number of aryl methyl sites for hydroxylation is 1. The lowest BCUT2D eigenvalue weighted by Gasteiger charge is -2.21. The van der Waals surface area contributed by atoms with Crippen LogP contribution in [-0.4, -0.2) is 31.6 Å². The number of rotatable bonds is 3. The van der Waals surface area contributed by atoms with Gasteiger partial charge >= 0.3 is 0 Å². The molecule has 1 heterocycles. The van der Waals surface area contributed by atoms with Crippen molar-refractivity contribution in [1.82, 2.24) is 4.31 Å². The second kappa shape index (κ2) is 4.78. The third-order valence-electron chi connectivity index (χ3n) is 3.13. The molecule has 0 bridgehead atoms. The van der Waals surface area contributed by atoms with Gasteiger partial charge in [-0.1, -0.05) is 0 Å². The van der Waals surface area contributed by atoms with Gasteiger partial charge in [0.05, 0.1) is 10.9 Å². The average Bonchev–Trinajstić information content (AvgIpc) is 2.76. The highest BCUT2D eigenvalue weighted by Crippen LogP contribution is 2.27. The molecule has 0 N–H and O–H groups in total. The first-order valence-electron chi connectivity index (χ1n) is 5.70. The molecule has 98 valence electrons. The normalized spacial score (nSPS) is 21.1. The molecular formula is C12H14FNO3S. The molecule has 1 fully saturated rings. The zero-order valence-electron chi connectivity index (χ0n) is 9.97.